The first-order valence-electron chi connectivity index (χ1n) is 14.5. The third kappa shape index (κ3) is 8.93. The zero-order chi connectivity index (χ0) is 34.0. The highest BCUT2D eigenvalue weighted by Crippen LogP contribution is 2.29. The molecule has 0 saturated heterocycles. The average molecular weight is 680 g/mol. The summed E-state index contributed by atoms with van der Waals surface area (Å²) < 4.78 is 5.29. The highest BCUT2D eigenvalue weighted by atomic mass is 32.2. The number of benzene rings is 4. The molecule has 1 heterocycles. The molecular weight excluding hydrogens is 651 g/mol. The number of nitrogens with zero attached hydrogens (tertiary/aromatic N) is 2. The Hall–Kier alpha value is -5.79. The number of amides is 3. The Labute approximate surface area is 284 Å². The van der Waals surface area contributed by atoms with E-state index in [-0.39, 0.29) is 17.3 Å². The van der Waals surface area contributed by atoms with E-state index >= 15 is 0 Å². The second-order valence-electron chi connectivity index (χ2n) is 10.2. The number of thiazole rings is 1. The normalized spacial score (nSPS) is 11.7. The van der Waals surface area contributed by atoms with Crippen molar-refractivity contribution in [2.45, 2.75) is 17.1 Å². The zero-order valence-electron chi connectivity index (χ0n) is 25.7. The molecule has 11 nitrogen and oxygen atoms in total. The number of aromatic nitrogens is 1. The van der Waals surface area contributed by atoms with E-state index in [0.717, 1.165) is 4.90 Å². The molecule has 13 heteroatoms. The molecule has 48 heavy (non-hydrogen) atoms. The summed E-state index contributed by atoms with van der Waals surface area (Å²) >= 11 is 2.55. The lowest BCUT2D eigenvalue weighted by molar-refractivity contribution is -0.384. The maximum Gasteiger partial charge on any atom is 0.272 e. The van der Waals surface area contributed by atoms with Crippen molar-refractivity contribution in [3.63, 3.8) is 0 Å². The molecule has 5 aromatic rings. The number of thioether (sulfide) groups is 1. The summed E-state index contributed by atoms with van der Waals surface area (Å²) in [7, 11) is 1.55. The summed E-state index contributed by atoms with van der Waals surface area (Å²) in [5.74, 6) is -0.621. The van der Waals surface area contributed by atoms with E-state index in [1.165, 1.54) is 35.2 Å². The summed E-state index contributed by atoms with van der Waals surface area (Å²) in [4.78, 5) is 55.1. The minimum Gasteiger partial charge on any atom is -0.497 e. The van der Waals surface area contributed by atoms with Gasteiger partial charge in [-0.05, 0) is 67.1 Å². The predicted octanol–water partition coefficient (Wildman–Crippen LogP) is 7.26. The van der Waals surface area contributed by atoms with Gasteiger partial charge in [0.1, 0.15) is 11.4 Å². The van der Waals surface area contributed by atoms with E-state index in [0.29, 0.717) is 39.0 Å². The lowest BCUT2D eigenvalue weighted by Gasteiger charge is -2.13. The molecule has 0 fully saturated rings. The van der Waals surface area contributed by atoms with Gasteiger partial charge < -0.3 is 20.7 Å². The number of ether oxygens (including phenoxy) is 1. The molecular formula is C35H29N5O6S2. The van der Waals surface area contributed by atoms with Crippen LogP contribution in [0.3, 0.4) is 0 Å². The van der Waals surface area contributed by atoms with Gasteiger partial charge in [-0.3, -0.25) is 24.5 Å². The molecule has 3 amide bonds. The first-order valence-corrected chi connectivity index (χ1v) is 16.3. The van der Waals surface area contributed by atoms with Crippen LogP contribution in [0.15, 0.2) is 119 Å². The third-order valence-electron chi connectivity index (χ3n) is 6.81. The van der Waals surface area contributed by atoms with Gasteiger partial charge in [0, 0.05) is 39.2 Å². The van der Waals surface area contributed by atoms with Crippen molar-refractivity contribution in [3.8, 4) is 17.0 Å². The van der Waals surface area contributed by atoms with Crippen LogP contribution in [0.25, 0.3) is 17.3 Å². The van der Waals surface area contributed by atoms with Crippen molar-refractivity contribution in [1.82, 2.24) is 10.3 Å². The van der Waals surface area contributed by atoms with Crippen LogP contribution in [-0.2, 0) is 9.59 Å². The number of carbonyl (C=O) groups excluding carboxylic acids is 3. The molecule has 0 aliphatic rings. The molecule has 0 spiro atoms. The van der Waals surface area contributed by atoms with Crippen LogP contribution in [0.1, 0.15) is 22.8 Å². The first kappa shape index (κ1) is 33.6. The minimum absolute atomic E-state index is 0.0386. The quantitative estimate of drug-likeness (QED) is 0.0539. The van der Waals surface area contributed by atoms with Gasteiger partial charge in [0.05, 0.1) is 23.0 Å². The molecule has 0 aliphatic carbocycles. The molecule has 0 radical (unpaired) electrons. The number of nitro benzene ring substituents is 1. The summed E-state index contributed by atoms with van der Waals surface area (Å²) in [5.41, 5.74) is 2.65. The molecule has 0 aliphatic heterocycles. The largest absolute Gasteiger partial charge is 0.497 e. The highest BCUT2D eigenvalue weighted by molar-refractivity contribution is 8.00. The highest BCUT2D eigenvalue weighted by Gasteiger charge is 2.18. The van der Waals surface area contributed by atoms with E-state index < -0.39 is 22.0 Å². The second kappa shape index (κ2) is 15.7. The van der Waals surface area contributed by atoms with Crippen molar-refractivity contribution in [1.29, 1.82) is 0 Å². The van der Waals surface area contributed by atoms with Gasteiger partial charge in [-0.15, -0.1) is 23.1 Å². The number of hydrogen-bond acceptors (Lipinski definition) is 9. The Bertz CT molecular complexity index is 1980. The van der Waals surface area contributed by atoms with Crippen LogP contribution in [0.4, 0.5) is 16.5 Å². The standard InChI is InChI=1S/C35H29N5O6S2/c1-22(32(41)39-35-38-31(21-47-35)25-11-7-12-27(20-25)40(44)45)48-29-16-14-26(15-17-29)36-34(43)30(19-23-8-6-13-28(18-23)46-2)37-33(42)24-9-4-3-5-10-24/h3-22H,1-2H3,(H,36,43)(H,37,42)(H,38,39,41)/b30-19-. The topological polar surface area (TPSA) is 153 Å². The van der Waals surface area contributed by atoms with Gasteiger partial charge in [0.2, 0.25) is 5.91 Å². The SMILES string of the molecule is COc1cccc(/C=C(\NC(=O)c2ccccc2)C(=O)Nc2ccc(SC(C)C(=O)Nc3nc(-c4cccc([N+](=O)[O-])c4)cs3)cc2)c1. The summed E-state index contributed by atoms with van der Waals surface area (Å²) in [5, 5.41) is 21.1. The lowest BCUT2D eigenvalue weighted by atomic mass is 10.1. The summed E-state index contributed by atoms with van der Waals surface area (Å²) in [6, 6.07) is 28.8. The van der Waals surface area contributed by atoms with Crippen LogP contribution < -0.4 is 20.7 Å². The fourth-order valence-corrected chi connectivity index (χ4v) is 5.95. The van der Waals surface area contributed by atoms with Crippen LogP contribution in [0, 0.1) is 10.1 Å². The Balaban J connectivity index is 1.22. The number of nitro groups is 1. The van der Waals surface area contributed by atoms with Crippen LogP contribution in [-0.4, -0.2) is 40.0 Å². The zero-order valence-corrected chi connectivity index (χ0v) is 27.3. The lowest BCUT2D eigenvalue weighted by Crippen LogP contribution is -2.30. The van der Waals surface area contributed by atoms with Gasteiger partial charge in [0.25, 0.3) is 17.5 Å². The Morgan fingerprint density at radius 3 is 2.42 bits per heavy atom. The van der Waals surface area contributed by atoms with Crippen molar-refractivity contribution in [2.75, 3.05) is 17.7 Å². The fraction of sp³-hybridized carbons (Fsp3) is 0.0857. The summed E-state index contributed by atoms with van der Waals surface area (Å²) in [6.45, 7) is 1.76. The molecule has 242 valence electrons. The van der Waals surface area contributed by atoms with Crippen molar-refractivity contribution in [2.24, 2.45) is 0 Å². The Kier molecular flexibility index (Phi) is 11.0. The smallest absolute Gasteiger partial charge is 0.272 e. The maximum atomic E-state index is 13.4. The number of anilines is 2. The van der Waals surface area contributed by atoms with E-state index in [1.807, 2.05) is 0 Å². The number of methoxy groups -OCH3 is 1. The van der Waals surface area contributed by atoms with Gasteiger partial charge in [-0.25, -0.2) is 4.98 Å². The van der Waals surface area contributed by atoms with Gasteiger partial charge in [-0.2, -0.15) is 0 Å². The molecule has 0 bridgehead atoms. The fourth-order valence-electron chi connectivity index (χ4n) is 4.36. The van der Waals surface area contributed by atoms with E-state index in [4.69, 9.17) is 4.74 Å². The third-order valence-corrected chi connectivity index (χ3v) is 8.68. The number of carbonyl (C=O) groups is 3. The number of hydrogen-bond donors (Lipinski definition) is 3. The van der Waals surface area contributed by atoms with Crippen LogP contribution >= 0.6 is 23.1 Å². The van der Waals surface area contributed by atoms with Crippen molar-refractivity contribution in [3.05, 3.63) is 135 Å². The van der Waals surface area contributed by atoms with E-state index in [2.05, 4.69) is 20.9 Å². The Morgan fingerprint density at radius 1 is 0.938 bits per heavy atom. The van der Waals surface area contributed by atoms with Gasteiger partial charge in [-0.1, -0.05) is 42.5 Å². The Morgan fingerprint density at radius 2 is 1.69 bits per heavy atom. The van der Waals surface area contributed by atoms with Crippen LogP contribution in [0.2, 0.25) is 0 Å². The van der Waals surface area contributed by atoms with Crippen LogP contribution in [0.5, 0.6) is 5.75 Å². The molecule has 1 unspecified atom stereocenters. The molecule has 1 aromatic heterocycles. The van der Waals surface area contributed by atoms with E-state index in [9.17, 15) is 24.5 Å². The molecule has 4 aromatic carbocycles. The van der Waals surface area contributed by atoms with E-state index in [1.54, 1.807) is 116 Å². The average Bonchev–Trinajstić information content (AvgIpc) is 3.57. The number of non-ortho nitro benzene ring substituents is 1. The molecule has 3 N–H and O–H groups in total. The minimum atomic E-state index is -0.525. The van der Waals surface area contributed by atoms with Gasteiger partial charge in [0.15, 0.2) is 5.13 Å². The molecule has 5 rings (SSSR count). The maximum absolute atomic E-state index is 13.4. The summed E-state index contributed by atoms with van der Waals surface area (Å²) in [6.07, 6.45) is 1.57. The van der Waals surface area contributed by atoms with Crippen molar-refractivity contribution < 1.29 is 24.0 Å². The molecule has 0 saturated carbocycles. The number of nitrogens with one attached hydrogen (secondary N) is 3. The number of rotatable bonds is 12. The first-order chi connectivity index (χ1) is 23.2. The predicted molar refractivity (Wildman–Crippen MR) is 188 cm³/mol. The van der Waals surface area contributed by atoms with Crippen molar-refractivity contribution >= 4 is 63.4 Å². The monoisotopic (exact) mass is 679 g/mol. The molecule has 1 atom stereocenters. The van der Waals surface area contributed by atoms with Gasteiger partial charge >= 0.3 is 0 Å². The second-order valence-corrected chi connectivity index (χ2v) is 12.5.